The summed E-state index contributed by atoms with van der Waals surface area (Å²) in [5.41, 5.74) is 1.03. The van der Waals surface area contributed by atoms with Gasteiger partial charge in [0.05, 0.1) is 10.8 Å². The van der Waals surface area contributed by atoms with Gasteiger partial charge in [-0.2, -0.15) is 4.31 Å². The van der Waals surface area contributed by atoms with E-state index in [1.165, 1.54) is 23.6 Å². The molecule has 5 nitrogen and oxygen atoms in total. The van der Waals surface area contributed by atoms with Gasteiger partial charge >= 0.3 is 0 Å². The molecule has 3 fully saturated rings. The molecule has 0 spiro atoms. The van der Waals surface area contributed by atoms with E-state index in [-0.39, 0.29) is 11.8 Å². The van der Waals surface area contributed by atoms with E-state index in [2.05, 4.69) is 5.32 Å². The number of carbonyl (C=O) groups excluding carboxylic acids is 1. The first kappa shape index (κ1) is 18.0. The van der Waals surface area contributed by atoms with Gasteiger partial charge in [-0.25, -0.2) is 8.42 Å². The zero-order valence-electron chi connectivity index (χ0n) is 15.4. The predicted octanol–water partition coefficient (Wildman–Crippen LogP) is 2.70. The number of sulfonamides is 1. The Balaban J connectivity index is 1.42. The molecule has 26 heavy (non-hydrogen) atoms. The van der Waals surface area contributed by atoms with E-state index in [9.17, 15) is 13.2 Å². The number of nitrogens with zero attached hydrogens (tertiary/aromatic N) is 1. The van der Waals surface area contributed by atoms with Gasteiger partial charge in [0.25, 0.3) is 0 Å². The van der Waals surface area contributed by atoms with Gasteiger partial charge in [-0.05, 0) is 63.0 Å². The predicted molar refractivity (Wildman–Crippen MR) is 100 cm³/mol. The van der Waals surface area contributed by atoms with Crippen molar-refractivity contribution in [3.8, 4) is 0 Å². The van der Waals surface area contributed by atoms with E-state index in [1.54, 1.807) is 12.1 Å². The molecular formula is C20H28N2O3S. The lowest BCUT2D eigenvalue weighted by Gasteiger charge is -2.33. The second-order valence-corrected chi connectivity index (χ2v) is 10.2. The molecule has 0 unspecified atom stereocenters. The maximum atomic E-state index is 12.9. The van der Waals surface area contributed by atoms with Gasteiger partial charge in [0, 0.05) is 19.1 Å². The Labute approximate surface area is 156 Å². The zero-order valence-corrected chi connectivity index (χ0v) is 16.2. The van der Waals surface area contributed by atoms with Crippen molar-refractivity contribution in [2.75, 3.05) is 13.1 Å². The van der Waals surface area contributed by atoms with Crippen LogP contribution in [-0.4, -0.2) is 37.8 Å². The van der Waals surface area contributed by atoms with Crippen LogP contribution >= 0.6 is 0 Å². The summed E-state index contributed by atoms with van der Waals surface area (Å²) in [6.45, 7) is 2.73. The molecule has 1 aromatic carbocycles. The molecule has 1 amide bonds. The van der Waals surface area contributed by atoms with Crippen LogP contribution in [0.3, 0.4) is 0 Å². The maximum Gasteiger partial charge on any atom is 0.243 e. The van der Waals surface area contributed by atoms with Gasteiger partial charge in [0.2, 0.25) is 15.9 Å². The van der Waals surface area contributed by atoms with Crippen molar-refractivity contribution in [3.05, 3.63) is 29.8 Å². The molecule has 142 valence electrons. The number of fused-ring (bicyclic) bond motifs is 2. The fourth-order valence-corrected chi connectivity index (χ4v) is 6.48. The summed E-state index contributed by atoms with van der Waals surface area (Å²) in [4.78, 5) is 13.1. The number of carbonyl (C=O) groups is 1. The number of hydrogen-bond acceptors (Lipinski definition) is 3. The van der Waals surface area contributed by atoms with Crippen LogP contribution in [0.25, 0.3) is 0 Å². The van der Waals surface area contributed by atoms with Gasteiger partial charge in [0.1, 0.15) is 0 Å². The third-order valence-corrected chi connectivity index (χ3v) is 8.36. The fraction of sp³-hybridized carbons (Fsp3) is 0.650. The Morgan fingerprint density at radius 3 is 2.54 bits per heavy atom. The van der Waals surface area contributed by atoms with Crippen LogP contribution < -0.4 is 5.32 Å². The molecule has 2 aliphatic carbocycles. The van der Waals surface area contributed by atoms with Crippen molar-refractivity contribution in [3.63, 3.8) is 0 Å². The molecule has 0 aromatic heterocycles. The lowest BCUT2D eigenvalue weighted by atomic mass is 9.93. The van der Waals surface area contributed by atoms with Crippen LogP contribution in [0.1, 0.15) is 44.1 Å². The van der Waals surface area contributed by atoms with E-state index in [0.717, 1.165) is 30.7 Å². The largest absolute Gasteiger partial charge is 0.353 e. The van der Waals surface area contributed by atoms with Crippen molar-refractivity contribution in [2.24, 2.45) is 17.8 Å². The summed E-state index contributed by atoms with van der Waals surface area (Å²) in [5.74, 6) is 1.24. The highest BCUT2D eigenvalue weighted by Crippen LogP contribution is 2.44. The van der Waals surface area contributed by atoms with E-state index in [4.69, 9.17) is 0 Å². The third kappa shape index (κ3) is 3.41. The van der Waals surface area contributed by atoms with Crippen LogP contribution in [0.15, 0.2) is 29.2 Å². The Kier molecular flexibility index (Phi) is 4.82. The minimum absolute atomic E-state index is 0.0476. The van der Waals surface area contributed by atoms with Crippen LogP contribution in [0, 0.1) is 24.7 Å². The molecule has 2 saturated carbocycles. The van der Waals surface area contributed by atoms with Crippen LogP contribution in [0.4, 0.5) is 0 Å². The quantitative estimate of drug-likeness (QED) is 0.879. The first-order valence-electron chi connectivity index (χ1n) is 9.80. The number of amides is 1. The Morgan fingerprint density at radius 2 is 1.88 bits per heavy atom. The van der Waals surface area contributed by atoms with E-state index in [1.807, 2.05) is 19.1 Å². The molecule has 2 bridgehead atoms. The first-order valence-corrected chi connectivity index (χ1v) is 11.2. The van der Waals surface area contributed by atoms with Crippen molar-refractivity contribution in [1.82, 2.24) is 9.62 Å². The lowest BCUT2D eigenvalue weighted by molar-refractivity contribution is -0.127. The second kappa shape index (κ2) is 6.97. The van der Waals surface area contributed by atoms with Crippen molar-refractivity contribution in [1.29, 1.82) is 0 Å². The van der Waals surface area contributed by atoms with E-state index < -0.39 is 10.0 Å². The average Bonchev–Trinajstić information content (AvgIpc) is 3.25. The minimum atomic E-state index is -3.53. The number of piperidine rings is 1. The summed E-state index contributed by atoms with van der Waals surface area (Å²) >= 11 is 0. The number of rotatable bonds is 4. The maximum absolute atomic E-state index is 12.9. The number of benzene rings is 1. The summed E-state index contributed by atoms with van der Waals surface area (Å²) in [6.07, 6.45) is 6.40. The molecule has 4 atom stereocenters. The van der Waals surface area contributed by atoms with Gasteiger partial charge in [-0.3, -0.25) is 4.79 Å². The molecule has 0 radical (unpaired) electrons. The molecule has 1 saturated heterocycles. The molecular weight excluding hydrogens is 348 g/mol. The highest BCUT2D eigenvalue weighted by Gasteiger charge is 2.41. The van der Waals surface area contributed by atoms with Crippen molar-refractivity contribution < 1.29 is 13.2 Å². The normalized spacial score (nSPS) is 31.9. The van der Waals surface area contributed by atoms with Gasteiger partial charge < -0.3 is 5.32 Å². The molecule has 3 aliphatic rings. The molecule has 1 aromatic rings. The minimum Gasteiger partial charge on any atom is -0.353 e. The Morgan fingerprint density at radius 1 is 1.12 bits per heavy atom. The van der Waals surface area contributed by atoms with Gasteiger partial charge in [0.15, 0.2) is 0 Å². The summed E-state index contributed by atoms with van der Waals surface area (Å²) in [5, 5.41) is 3.24. The smallest absolute Gasteiger partial charge is 0.243 e. The number of aryl methyl sites for hydroxylation is 1. The SMILES string of the molecule is Cc1ccc(S(=O)(=O)N2CCC[C@H](C(=O)N[C@@H]3C[C@H]4CC[C@H]3C4)C2)cc1. The topological polar surface area (TPSA) is 66.5 Å². The standard InChI is InChI=1S/C20H28N2O3S/c1-14-4-8-18(9-5-14)26(24,25)22-10-2-3-17(13-22)20(23)21-19-12-15-6-7-16(19)11-15/h4-5,8-9,15-17,19H,2-3,6-7,10-13H2,1H3,(H,21,23)/t15-,16-,17-,19+/m0/s1. The molecule has 1 aliphatic heterocycles. The molecule has 1 heterocycles. The molecule has 6 heteroatoms. The Bertz CT molecular complexity index is 775. The zero-order chi connectivity index (χ0) is 18.3. The molecule has 4 rings (SSSR count). The van der Waals surface area contributed by atoms with Crippen molar-refractivity contribution in [2.45, 2.75) is 56.4 Å². The summed E-state index contributed by atoms with van der Waals surface area (Å²) < 4.78 is 27.3. The third-order valence-electron chi connectivity index (χ3n) is 6.48. The highest BCUT2D eigenvalue weighted by molar-refractivity contribution is 7.89. The van der Waals surface area contributed by atoms with Gasteiger partial charge in [-0.15, -0.1) is 0 Å². The Hall–Kier alpha value is -1.40. The van der Waals surface area contributed by atoms with Gasteiger partial charge in [-0.1, -0.05) is 24.1 Å². The van der Waals surface area contributed by atoms with E-state index >= 15 is 0 Å². The lowest BCUT2D eigenvalue weighted by Crippen LogP contribution is -2.48. The van der Waals surface area contributed by atoms with E-state index in [0.29, 0.717) is 29.9 Å². The fourth-order valence-electron chi connectivity index (χ4n) is 4.96. The van der Waals surface area contributed by atoms with Crippen molar-refractivity contribution >= 4 is 15.9 Å². The highest BCUT2D eigenvalue weighted by atomic mass is 32.2. The van der Waals surface area contributed by atoms with Crippen LogP contribution in [-0.2, 0) is 14.8 Å². The van der Waals surface area contributed by atoms with Crippen LogP contribution in [0.5, 0.6) is 0 Å². The van der Waals surface area contributed by atoms with Crippen LogP contribution in [0.2, 0.25) is 0 Å². The monoisotopic (exact) mass is 376 g/mol. The number of hydrogen-bond donors (Lipinski definition) is 1. The molecule has 1 N–H and O–H groups in total. The first-order chi connectivity index (χ1) is 12.4. The second-order valence-electron chi connectivity index (χ2n) is 8.31. The summed E-state index contributed by atoms with van der Waals surface area (Å²) in [7, 11) is -3.53. The average molecular weight is 377 g/mol. The summed E-state index contributed by atoms with van der Waals surface area (Å²) in [6, 6.07) is 7.25. The number of nitrogens with one attached hydrogen (secondary N) is 1.